The van der Waals surface area contributed by atoms with Crippen LogP contribution in [-0.4, -0.2) is 67.4 Å². The molecule has 0 amide bonds. The summed E-state index contributed by atoms with van der Waals surface area (Å²) in [5.41, 5.74) is 1.77. The highest BCUT2D eigenvalue weighted by molar-refractivity contribution is 7.90. The number of ether oxygens (including phenoxy) is 1. The van der Waals surface area contributed by atoms with Crippen molar-refractivity contribution < 1.29 is 13.2 Å². The SMILES string of the molecule is CS(=O)(=O)c1ncc2c(n1)CCN(Cc1sc(N3CCOCC3)nc1Cl)C2. The number of halogens is 1. The summed E-state index contributed by atoms with van der Waals surface area (Å²) in [5, 5.41) is 1.39. The van der Waals surface area contributed by atoms with E-state index in [0.29, 0.717) is 37.9 Å². The van der Waals surface area contributed by atoms with Crippen LogP contribution >= 0.6 is 22.9 Å². The first-order chi connectivity index (χ1) is 12.9. The molecule has 1 fully saturated rings. The highest BCUT2D eigenvalue weighted by atomic mass is 35.5. The molecule has 0 unspecified atom stereocenters. The van der Waals surface area contributed by atoms with E-state index in [4.69, 9.17) is 16.3 Å². The number of fused-ring (bicyclic) bond motifs is 1. The summed E-state index contributed by atoms with van der Waals surface area (Å²) < 4.78 is 28.6. The Bertz CT molecular complexity index is 944. The maximum Gasteiger partial charge on any atom is 0.246 e. The van der Waals surface area contributed by atoms with Crippen LogP contribution in [0.2, 0.25) is 5.15 Å². The van der Waals surface area contributed by atoms with Crippen LogP contribution in [0.4, 0.5) is 5.13 Å². The summed E-state index contributed by atoms with van der Waals surface area (Å²) in [5.74, 6) is 0. The monoisotopic (exact) mass is 429 g/mol. The minimum absolute atomic E-state index is 0.102. The van der Waals surface area contributed by atoms with Gasteiger partial charge in [-0.3, -0.25) is 4.90 Å². The van der Waals surface area contributed by atoms with Gasteiger partial charge < -0.3 is 9.64 Å². The third-order valence-corrected chi connectivity index (χ3v) is 7.00. The van der Waals surface area contributed by atoms with Crippen molar-refractivity contribution in [2.24, 2.45) is 0 Å². The number of anilines is 1. The molecule has 0 radical (unpaired) electrons. The molecule has 1 saturated heterocycles. The van der Waals surface area contributed by atoms with Gasteiger partial charge >= 0.3 is 0 Å². The molecule has 146 valence electrons. The minimum Gasteiger partial charge on any atom is -0.378 e. The van der Waals surface area contributed by atoms with Crippen LogP contribution in [0.1, 0.15) is 16.1 Å². The average Bonchev–Trinajstić information content (AvgIpc) is 3.02. The van der Waals surface area contributed by atoms with Crippen molar-refractivity contribution in [3.05, 3.63) is 27.5 Å². The number of hydrogen-bond acceptors (Lipinski definition) is 9. The van der Waals surface area contributed by atoms with Gasteiger partial charge in [-0.1, -0.05) is 22.9 Å². The van der Waals surface area contributed by atoms with Crippen molar-refractivity contribution in [2.45, 2.75) is 24.7 Å². The Morgan fingerprint density at radius 1 is 1.26 bits per heavy atom. The fraction of sp³-hybridized carbons (Fsp3) is 0.562. The summed E-state index contributed by atoms with van der Waals surface area (Å²) in [6, 6.07) is 0. The van der Waals surface area contributed by atoms with Crippen molar-refractivity contribution >= 4 is 37.9 Å². The molecule has 11 heteroatoms. The van der Waals surface area contributed by atoms with Crippen molar-refractivity contribution in [3.8, 4) is 0 Å². The molecule has 0 saturated carbocycles. The van der Waals surface area contributed by atoms with Crippen molar-refractivity contribution in [2.75, 3.05) is 44.0 Å². The Balaban J connectivity index is 1.46. The van der Waals surface area contributed by atoms with E-state index in [1.165, 1.54) is 0 Å². The number of hydrogen-bond donors (Lipinski definition) is 0. The molecule has 2 aliphatic heterocycles. The second-order valence-electron chi connectivity index (χ2n) is 6.67. The Morgan fingerprint density at radius 2 is 2.04 bits per heavy atom. The minimum atomic E-state index is -3.39. The molecule has 0 aliphatic carbocycles. The predicted molar refractivity (Wildman–Crippen MR) is 103 cm³/mol. The Hall–Kier alpha value is -1.33. The van der Waals surface area contributed by atoms with Crippen molar-refractivity contribution in [1.29, 1.82) is 0 Å². The van der Waals surface area contributed by atoms with E-state index >= 15 is 0 Å². The Kier molecular flexibility index (Phi) is 5.34. The van der Waals surface area contributed by atoms with Crippen LogP contribution in [0.3, 0.4) is 0 Å². The lowest BCUT2D eigenvalue weighted by Gasteiger charge is -2.27. The van der Waals surface area contributed by atoms with E-state index in [0.717, 1.165) is 47.2 Å². The molecule has 2 aromatic rings. The van der Waals surface area contributed by atoms with Gasteiger partial charge in [0.15, 0.2) is 5.13 Å². The third-order valence-electron chi connectivity index (χ3n) is 4.61. The molecule has 4 rings (SSSR count). The quantitative estimate of drug-likeness (QED) is 0.673. The van der Waals surface area contributed by atoms with E-state index in [9.17, 15) is 8.42 Å². The molecule has 8 nitrogen and oxygen atoms in total. The van der Waals surface area contributed by atoms with Gasteiger partial charge in [-0.25, -0.2) is 23.4 Å². The average molecular weight is 430 g/mol. The number of thiazole rings is 1. The molecule has 0 aromatic carbocycles. The zero-order valence-electron chi connectivity index (χ0n) is 14.9. The van der Waals surface area contributed by atoms with Gasteiger partial charge in [-0.05, 0) is 0 Å². The molecule has 0 atom stereocenters. The summed E-state index contributed by atoms with van der Waals surface area (Å²) in [7, 11) is -3.39. The Morgan fingerprint density at radius 3 is 2.78 bits per heavy atom. The van der Waals surface area contributed by atoms with Crippen LogP contribution in [0, 0.1) is 0 Å². The highest BCUT2D eigenvalue weighted by Gasteiger charge is 2.24. The molecule has 2 aliphatic rings. The van der Waals surface area contributed by atoms with E-state index < -0.39 is 9.84 Å². The zero-order chi connectivity index (χ0) is 19.0. The lowest BCUT2D eigenvalue weighted by Crippen LogP contribution is -2.36. The number of nitrogens with zero attached hydrogens (tertiary/aromatic N) is 5. The van der Waals surface area contributed by atoms with E-state index in [1.54, 1.807) is 17.5 Å². The molecule has 0 spiro atoms. The number of sulfone groups is 1. The van der Waals surface area contributed by atoms with E-state index in [1.807, 2.05) is 0 Å². The van der Waals surface area contributed by atoms with Crippen LogP contribution in [0.15, 0.2) is 11.4 Å². The van der Waals surface area contributed by atoms with Gasteiger partial charge in [-0.2, -0.15) is 0 Å². The van der Waals surface area contributed by atoms with Gasteiger partial charge in [0.1, 0.15) is 5.15 Å². The normalized spacial score (nSPS) is 18.5. The molecule has 27 heavy (non-hydrogen) atoms. The maximum absolute atomic E-state index is 11.6. The van der Waals surface area contributed by atoms with Crippen LogP contribution in [-0.2, 0) is 34.1 Å². The van der Waals surface area contributed by atoms with Crippen molar-refractivity contribution in [3.63, 3.8) is 0 Å². The van der Waals surface area contributed by atoms with Gasteiger partial charge in [0.2, 0.25) is 15.0 Å². The standard InChI is InChI=1S/C16H20ClN5O3S2/c1-27(23,24)15-18-8-11-9-21(3-2-12(11)19-15)10-13-14(17)20-16(26-13)22-4-6-25-7-5-22/h8H,2-7,9-10H2,1H3. The second kappa shape index (κ2) is 7.59. The smallest absolute Gasteiger partial charge is 0.246 e. The fourth-order valence-electron chi connectivity index (χ4n) is 3.18. The molecular weight excluding hydrogens is 410 g/mol. The number of morpholine rings is 1. The maximum atomic E-state index is 11.6. The number of rotatable bonds is 4. The van der Waals surface area contributed by atoms with Gasteiger partial charge in [0, 0.05) is 57.2 Å². The third kappa shape index (κ3) is 4.24. The molecular formula is C16H20ClN5O3S2. The lowest BCUT2D eigenvalue weighted by molar-refractivity contribution is 0.122. The fourth-order valence-corrected chi connectivity index (χ4v) is 5.05. The largest absolute Gasteiger partial charge is 0.378 e. The first-order valence-electron chi connectivity index (χ1n) is 8.65. The Labute approximate surface area is 167 Å². The first-order valence-corrected chi connectivity index (χ1v) is 11.7. The van der Waals surface area contributed by atoms with Crippen LogP contribution < -0.4 is 4.90 Å². The zero-order valence-corrected chi connectivity index (χ0v) is 17.3. The van der Waals surface area contributed by atoms with E-state index in [-0.39, 0.29) is 5.16 Å². The summed E-state index contributed by atoms with van der Waals surface area (Å²) in [6.07, 6.45) is 3.44. The van der Waals surface area contributed by atoms with Crippen LogP contribution in [0.5, 0.6) is 0 Å². The molecule has 0 N–H and O–H groups in total. The summed E-state index contributed by atoms with van der Waals surface area (Å²) in [4.78, 5) is 18.3. The predicted octanol–water partition coefficient (Wildman–Crippen LogP) is 1.38. The lowest BCUT2D eigenvalue weighted by atomic mass is 10.1. The molecule has 0 bridgehead atoms. The number of aromatic nitrogens is 3. The van der Waals surface area contributed by atoms with E-state index in [2.05, 4.69) is 24.8 Å². The van der Waals surface area contributed by atoms with Crippen molar-refractivity contribution in [1.82, 2.24) is 19.9 Å². The topological polar surface area (TPSA) is 88.5 Å². The second-order valence-corrected chi connectivity index (χ2v) is 10.00. The van der Waals surface area contributed by atoms with Gasteiger partial charge in [0.05, 0.1) is 23.8 Å². The first kappa shape index (κ1) is 19.0. The van der Waals surface area contributed by atoms with Gasteiger partial charge in [0.25, 0.3) is 0 Å². The molecule has 4 heterocycles. The summed E-state index contributed by atoms with van der Waals surface area (Å²) >= 11 is 8.00. The van der Waals surface area contributed by atoms with Gasteiger partial charge in [-0.15, -0.1) is 0 Å². The molecule has 2 aromatic heterocycles. The van der Waals surface area contributed by atoms with Crippen LogP contribution in [0.25, 0.3) is 0 Å². The highest BCUT2D eigenvalue weighted by Crippen LogP contribution is 2.32. The summed E-state index contributed by atoms with van der Waals surface area (Å²) in [6.45, 7) is 5.25.